The lowest BCUT2D eigenvalue weighted by Crippen LogP contribution is -2.20. The highest BCUT2D eigenvalue weighted by Gasteiger charge is 2.17. The molecule has 1 aromatic heterocycles. The summed E-state index contributed by atoms with van der Waals surface area (Å²) in [5.74, 6) is 0.229. The zero-order valence-corrected chi connectivity index (χ0v) is 8.56. The Balaban J connectivity index is 2.33. The molecule has 0 atom stereocenters. The SMILES string of the molecule is NC(=O)c1cc2cc3c(cc2oc1=O)OCO3. The molecule has 17 heavy (non-hydrogen) atoms. The van der Waals surface area contributed by atoms with E-state index < -0.39 is 11.5 Å². The molecule has 1 aliphatic heterocycles. The van der Waals surface area contributed by atoms with Crippen molar-refractivity contribution >= 4 is 16.9 Å². The van der Waals surface area contributed by atoms with E-state index in [4.69, 9.17) is 19.6 Å². The Bertz CT molecular complexity index is 688. The van der Waals surface area contributed by atoms with E-state index in [1.165, 1.54) is 6.07 Å². The maximum atomic E-state index is 11.4. The molecule has 1 amide bonds. The summed E-state index contributed by atoms with van der Waals surface area (Å²) in [4.78, 5) is 22.4. The molecular weight excluding hydrogens is 226 g/mol. The number of rotatable bonds is 1. The number of carbonyl (C=O) groups is 1. The molecule has 1 aromatic carbocycles. The van der Waals surface area contributed by atoms with Crippen LogP contribution in [0, 0.1) is 0 Å². The lowest BCUT2D eigenvalue weighted by molar-refractivity contribution is 0.0997. The van der Waals surface area contributed by atoms with Gasteiger partial charge >= 0.3 is 5.63 Å². The third kappa shape index (κ3) is 1.42. The van der Waals surface area contributed by atoms with Gasteiger partial charge in [0, 0.05) is 11.5 Å². The molecule has 2 heterocycles. The topological polar surface area (TPSA) is 91.8 Å². The van der Waals surface area contributed by atoms with Crippen molar-refractivity contribution < 1.29 is 18.7 Å². The molecule has 0 aliphatic carbocycles. The molecule has 0 fully saturated rings. The first-order valence-electron chi connectivity index (χ1n) is 4.82. The summed E-state index contributed by atoms with van der Waals surface area (Å²) in [6.45, 7) is 0.124. The molecule has 0 radical (unpaired) electrons. The molecular formula is C11H7NO5. The van der Waals surface area contributed by atoms with Crippen LogP contribution in [0.3, 0.4) is 0 Å². The fraction of sp³-hybridized carbons (Fsp3) is 0.0909. The van der Waals surface area contributed by atoms with Crippen LogP contribution >= 0.6 is 0 Å². The van der Waals surface area contributed by atoms with Crippen molar-refractivity contribution in [1.29, 1.82) is 0 Å². The summed E-state index contributed by atoms with van der Waals surface area (Å²) in [5, 5.41) is 0.558. The quantitative estimate of drug-likeness (QED) is 0.729. The number of ether oxygens (including phenoxy) is 2. The Morgan fingerprint density at radius 1 is 1.18 bits per heavy atom. The molecule has 1 aliphatic rings. The average molecular weight is 233 g/mol. The second-order valence-electron chi connectivity index (χ2n) is 3.56. The van der Waals surface area contributed by atoms with E-state index in [2.05, 4.69) is 0 Å². The van der Waals surface area contributed by atoms with Crippen molar-refractivity contribution in [2.45, 2.75) is 0 Å². The van der Waals surface area contributed by atoms with Crippen molar-refractivity contribution in [2.24, 2.45) is 5.73 Å². The van der Waals surface area contributed by atoms with Gasteiger partial charge < -0.3 is 19.6 Å². The highest BCUT2D eigenvalue weighted by Crippen LogP contribution is 2.35. The minimum atomic E-state index is -0.821. The normalized spacial score (nSPS) is 12.9. The van der Waals surface area contributed by atoms with E-state index in [0.717, 1.165) is 0 Å². The zero-order chi connectivity index (χ0) is 12.0. The average Bonchev–Trinajstić information content (AvgIpc) is 2.71. The van der Waals surface area contributed by atoms with Gasteiger partial charge in [-0.1, -0.05) is 0 Å². The van der Waals surface area contributed by atoms with E-state index in [0.29, 0.717) is 22.5 Å². The fourth-order valence-corrected chi connectivity index (χ4v) is 1.68. The largest absolute Gasteiger partial charge is 0.454 e. The van der Waals surface area contributed by atoms with Crippen LogP contribution in [-0.2, 0) is 0 Å². The first-order valence-corrected chi connectivity index (χ1v) is 4.82. The molecule has 0 bridgehead atoms. The van der Waals surface area contributed by atoms with Gasteiger partial charge in [0.2, 0.25) is 6.79 Å². The number of hydrogen-bond acceptors (Lipinski definition) is 5. The van der Waals surface area contributed by atoms with Crippen LogP contribution in [0.4, 0.5) is 0 Å². The third-order valence-electron chi connectivity index (χ3n) is 2.49. The van der Waals surface area contributed by atoms with Gasteiger partial charge in [0.25, 0.3) is 5.91 Å². The Kier molecular flexibility index (Phi) is 1.85. The van der Waals surface area contributed by atoms with Crippen LogP contribution in [0.15, 0.2) is 27.4 Å². The van der Waals surface area contributed by atoms with Crippen LogP contribution in [0.25, 0.3) is 11.0 Å². The smallest absolute Gasteiger partial charge is 0.349 e. The second-order valence-corrected chi connectivity index (χ2v) is 3.56. The summed E-state index contributed by atoms with van der Waals surface area (Å²) in [7, 11) is 0. The number of primary amides is 1. The van der Waals surface area contributed by atoms with E-state index in [-0.39, 0.29) is 12.4 Å². The molecule has 2 N–H and O–H groups in total. The summed E-state index contributed by atoms with van der Waals surface area (Å²) in [6.07, 6.45) is 0. The van der Waals surface area contributed by atoms with Crippen LogP contribution < -0.4 is 20.8 Å². The van der Waals surface area contributed by atoms with Crippen LogP contribution in [0.1, 0.15) is 10.4 Å². The number of carbonyl (C=O) groups excluding carboxylic acids is 1. The van der Waals surface area contributed by atoms with Gasteiger partial charge in [-0.15, -0.1) is 0 Å². The minimum Gasteiger partial charge on any atom is -0.454 e. The predicted molar refractivity (Wildman–Crippen MR) is 57.1 cm³/mol. The Labute approximate surface area is 94.5 Å². The zero-order valence-electron chi connectivity index (χ0n) is 8.56. The van der Waals surface area contributed by atoms with Gasteiger partial charge in [0.1, 0.15) is 11.1 Å². The standard InChI is InChI=1S/C11H7NO5/c12-10(13)6-1-5-2-8-9(16-4-15-8)3-7(5)17-11(6)14/h1-3H,4H2,(H2,12,13). The number of hydrogen-bond donors (Lipinski definition) is 1. The van der Waals surface area contributed by atoms with E-state index >= 15 is 0 Å². The third-order valence-corrected chi connectivity index (χ3v) is 2.49. The van der Waals surface area contributed by atoms with Gasteiger partial charge in [-0.3, -0.25) is 4.79 Å². The molecule has 3 rings (SSSR count). The molecule has 86 valence electrons. The second kappa shape index (κ2) is 3.24. The van der Waals surface area contributed by atoms with Gasteiger partial charge in [-0.25, -0.2) is 4.79 Å². The molecule has 0 unspecified atom stereocenters. The predicted octanol–water partition coefficient (Wildman–Crippen LogP) is 0.621. The first-order chi connectivity index (χ1) is 8.15. The molecule has 6 nitrogen and oxygen atoms in total. The Morgan fingerprint density at radius 3 is 2.59 bits per heavy atom. The molecule has 0 saturated carbocycles. The maximum absolute atomic E-state index is 11.4. The monoisotopic (exact) mass is 233 g/mol. The molecule has 0 saturated heterocycles. The van der Waals surface area contributed by atoms with Gasteiger partial charge in [-0.2, -0.15) is 0 Å². The number of fused-ring (bicyclic) bond motifs is 2. The lowest BCUT2D eigenvalue weighted by atomic mass is 10.1. The number of amides is 1. The van der Waals surface area contributed by atoms with E-state index in [1.54, 1.807) is 12.1 Å². The lowest BCUT2D eigenvalue weighted by Gasteiger charge is -2.01. The van der Waals surface area contributed by atoms with E-state index in [1.807, 2.05) is 0 Å². The summed E-state index contributed by atoms with van der Waals surface area (Å²) >= 11 is 0. The number of benzene rings is 1. The van der Waals surface area contributed by atoms with Crippen molar-refractivity contribution in [1.82, 2.24) is 0 Å². The number of nitrogens with two attached hydrogens (primary N) is 1. The van der Waals surface area contributed by atoms with Gasteiger partial charge in [-0.05, 0) is 12.1 Å². The highest BCUT2D eigenvalue weighted by atomic mass is 16.7. The van der Waals surface area contributed by atoms with Crippen molar-refractivity contribution in [2.75, 3.05) is 6.79 Å². The summed E-state index contributed by atoms with van der Waals surface area (Å²) in [6, 6.07) is 4.56. The van der Waals surface area contributed by atoms with Crippen LogP contribution in [0.2, 0.25) is 0 Å². The Hall–Kier alpha value is -2.50. The minimum absolute atomic E-state index is 0.124. The van der Waals surface area contributed by atoms with Gasteiger partial charge in [0.05, 0.1) is 0 Å². The highest BCUT2D eigenvalue weighted by molar-refractivity contribution is 5.95. The molecule has 6 heteroatoms. The molecule has 0 spiro atoms. The van der Waals surface area contributed by atoms with Crippen molar-refractivity contribution in [3.63, 3.8) is 0 Å². The molecule has 2 aromatic rings. The summed E-state index contributed by atoms with van der Waals surface area (Å²) < 4.78 is 15.3. The Morgan fingerprint density at radius 2 is 1.88 bits per heavy atom. The fourth-order valence-electron chi connectivity index (χ4n) is 1.68. The van der Waals surface area contributed by atoms with E-state index in [9.17, 15) is 9.59 Å². The van der Waals surface area contributed by atoms with Crippen molar-refractivity contribution in [3.05, 3.63) is 34.2 Å². The van der Waals surface area contributed by atoms with Crippen LogP contribution in [-0.4, -0.2) is 12.7 Å². The van der Waals surface area contributed by atoms with Gasteiger partial charge in [0.15, 0.2) is 11.5 Å². The summed E-state index contributed by atoms with van der Waals surface area (Å²) in [5.41, 5.74) is 4.44. The van der Waals surface area contributed by atoms with Crippen LogP contribution in [0.5, 0.6) is 11.5 Å². The first kappa shape index (κ1) is 9.71. The van der Waals surface area contributed by atoms with Crippen molar-refractivity contribution in [3.8, 4) is 11.5 Å². The maximum Gasteiger partial charge on any atom is 0.349 e.